The molecular formula is C25H28N4O5S. The molecule has 10 heteroatoms. The lowest BCUT2D eigenvalue weighted by Gasteiger charge is -2.26. The maximum Gasteiger partial charge on any atom is 0.255 e. The van der Waals surface area contributed by atoms with Gasteiger partial charge < -0.3 is 10.1 Å². The molecule has 1 fully saturated rings. The van der Waals surface area contributed by atoms with Crippen LogP contribution in [0.3, 0.4) is 0 Å². The summed E-state index contributed by atoms with van der Waals surface area (Å²) in [6.07, 6.45) is 0. The molecule has 1 amide bonds. The Labute approximate surface area is 204 Å². The molecule has 35 heavy (non-hydrogen) atoms. The summed E-state index contributed by atoms with van der Waals surface area (Å²) in [6.45, 7) is 6.72. The molecule has 1 aromatic heterocycles. The Balaban J connectivity index is 1.48. The molecule has 184 valence electrons. The Kier molecular flexibility index (Phi) is 7.15. The molecule has 0 bridgehead atoms. The summed E-state index contributed by atoms with van der Waals surface area (Å²) in [5, 5.41) is 7.28. The minimum atomic E-state index is -3.66. The Hall–Kier alpha value is -3.34. The second kappa shape index (κ2) is 10.1. The van der Waals surface area contributed by atoms with E-state index in [1.165, 1.54) is 11.2 Å². The van der Waals surface area contributed by atoms with Crippen molar-refractivity contribution in [2.75, 3.05) is 31.6 Å². The van der Waals surface area contributed by atoms with Crippen molar-refractivity contribution >= 4 is 27.4 Å². The number of nitrogens with zero attached hydrogens (tertiary/aromatic N) is 3. The predicted molar refractivity (Wildman–Crippen MR) is 131 cm³/mol. The van der Waals surface area contributed by atoms with Gasteiger partial charge in [0.15, 0.2) is 5.78 Å². The fourth-order valence-corrected chi connectivity index (χ4v) is 5.86. The normalized spacial score (nSPS) is 14.6. The first-order chi connectivity index (χ1) is 16.7. The number of morpholine rings is 1. The fraction of sp³-hybridized carbons (Fsp3) is 0.320. The maximum absolute atomic E-state index is 13.2. The number of carbonyl (C=O) groups is 2. The summed E-state index contributed by atoms with van der Waals surface area (Å²) < 4.78 is 34.7. The molecule has 3 aromatic rings. The van der Waals surface area contributed by atoms with E-state index in [-0.39, 0.29) is 16.6 Å². The number of hydrogen-bond acceptors (Lipinski definition) is 6. The van der Waals surface area contributed by atoms with Crippen molar-refractivity contribution in [1.82, 2.24) is 14.1 Å². The molecule has 0 saturated carbocycles. The monoisotopic (exact) mass is 496 g/mol. The summed E-state index contributed by atoms with van der Waals surface area (Å²) in [5.74, 6) is -0.363. The van der Waals surface area contributed by atoms with E-state index in [1.54, 1.807) is 54.9 Å². The van der Waals surface area contributed by atoms with Crippen LogP contribution in [0.25, 0.3) is 0 Å². The van der Waals surface area contributed by atoms with E-state index < -0.39 is 10.0 Å². The predicted octanol–water partition coefficient (Wildman–Crippen LogP) is 3.02. The molecule has 1 aliphatic heterocycles. The first kappa shape index (κ1) is 24.8. The van der Waals surface area contributed by atoms with Gasteiger partial charge in [0.05, 0.1) is 31.1 Å². The van der Waals surface area contributed by atoms with Gasteiger partial charge in [-0.1, -0.05) is 24.3 Å². The van der Waals surface area contributed by atoms with Gasteiger partial charge in [0, 0.05) is 29.9 Å². The number of aryl methyl sites for hydroxylation is 1. The van der Waals surface area contributed by atoms with Crippen LogP contribution < -0.4 is 5.32 Å². The van der Waals surface area contributed by atoms with Gasteiger partial charge in [-0.3, -0.25) is 14.3 Å². The maximum atomic E-state index is 13.2. The number of carbonyl (C=O) groups excluding carboxylic acids is 2. The second-order valence-electron chi connectivity index (χ2n) is 8.46. The van der Waals surface area contributed by atoms with Gasteiger partial charge in [-0.2, -0.15) is 9.40 Å². The van der Waals surface area contributed by atoms with Crippen molar-refractivity contribution in [2.24, 2.45) is 0 Å². The van der Waals surface area contributed by atoms with Crippen LogP contribution in [0.15, 0.2) is 53.4 Å². The first-order valence-corrected chi connectivity index (χ1v) is 12.7. The van der Waals surface area contributed by atoms with Crippen LogP contribution in [0.5, 0.6) is 0 Å². The van der Waals surface area contributed by atoms with Gasteiger partial charge in [0.1, 0.15) is 4.90 Å². The molecule has 2 heterocycles. The number of rotatable bonds is 7. The number of Topliss-reactive ketones (excluding diaryl/α,β-unsaturated/α-hetero) is 1. The SMILES string of the molecule is CC(=O)c1cccc(NC(=O)c2ccc(Cn3nc(C)c(S(=O)(=O)N4CCOCC4)c3C)cc2)c1. The molecule has 9 nitrogen and oxygen atoms in total. The summed E-state index contributed by atoms with van der Waals surface area (Å²) in [5.41, 5.74) is 3.44. The quantitative estimate of drug-likeness (QED) is 0.504. The van der Waals surface area contributed by atoms with Crippen molar-refractivity contribution < 1.29 is 22.7 Å². The highest BCUT2D eigenvalue weighted by Crippen LogP contribution is 2.25. The summed E-state index contributed by atoms with van der Waals surface area (Å²) in [7, 11) is -3.66. The van der Waals surface area contributed by atoms with Gasteiger partial charge >= 0.3 is 0 Å². The number of hydrogen-bond donors (Lipinski definition) is 1. The van der Waals surface area contributed by atoms with Gasteiger partial charge in [0.25, 0.3) is 5.91 Å². The number of nitrogens with one attached hydrogen (secondary N) is 1. The van der Waals surface area contributed by atoms with Crippen molar-refractivity contribution in [3.63, 3.8) is 0 Å². The number of sulfonamides is 1. The van der Waals surface area contributed by atoms with Crippen LogP contribution in [0.4, 0.5) is 5.69 Å². The first-order valence-electron chi connectivity index (χ1n) is 11.3. The molecular weight excluding hydrogens is 468 g/mol. The number of amides is 1. The van der Waals surface area contributed by atoms with Gasteiger partial charge in [-0.25, -0.2) is 8.42 Å². The number of benzene rings is 2. The van der Waals surface area contributed by atoms with Crippen LogP contribution >= 0.6 is 0 Å². The van der Waals surface area contributed by atoms with Crippen molar-refractivity contribution in [3.05, 3.63) is 76.6 Å². The topological polar surface area (TPSA) is 111 Å². The van der Waals surface area contributed by atoms with Crippen LogP contribution in [0, 0.1) is 13.8 Å². The Morgan fingerprint density at radius 1 is 1.03 bits per heavy atom. The van der Waals surface area contributed by atoms with Crippen LogP contribution in [-0.4, -0.2) is 60.5 Å². The third-order valence-corrected chi connectivity index (χ3v) is 8.11. The van der Waals surface area contributed by atoms with Crippen LogP contribution in [0.1, 0.15) is 44.6 Å². The van der Waals surface area contributed by atoms with E-state index in [1.807, 2.05) is 12.1 Å². The summed E-state index contributed by atoms with van der Waals surface area (Å²) >= 11 is 0. The summed E-state index contributed by atoms with van der Waals surface area (Å²) in [6, 6.07) is 13.8. The zero-order valence-electron chi connectivity index (χ0n) is 19.9. The molecule has 0 spiro atoms. The van der Waals surface area contributed by atoms with Crippen LogP contribution in [0.2, 0.25) is 0 Å². The van der Waals surface area contributed by atoms with E-state index in [4.69, 9.17) is 4.74 Å². The van der Waals surface area contributed by atoms with E-state index in [0.29, 0.717) is 61.1 Å². The van der Waals surface area contributed by atoms with Gasteiger partial charge in [-0.15, -0.1) is 0 Å². The smallest absolute Gasteiger partial charge is 0.255 e. The lowest BCUT2D eigenvalue weighted by Crippen LogP contribution is -2.41. The average molecular weight is 497 g/mol. The van der Waals surface area contributed by atoms with E-state index in [0.717, 1.165) is 5.56 Å². The average Bonchev–Trinajstić information content (AvgIpc) is 3.13. The Morgan fingerprint density at radius 2 is 1.71 bits per heavy atom. The van der Waals surface area contributed by atoms with E-state index in [9.17, 15) is 18.0 Å². The van der Waals surface area contributed by atoms with Crippen LogP contribution in [-0.2, 0) is 21.3 Å². The second-order valence-corrected chi connectivity index (χ2v) is 10.3. The number of ketones is 1. The number of aromatic nitrogens is 2. The molecule has 4 rings (SSSR count). The molecule has 0 radical (unpaired) electrons. The standard InChI is InChI=1S/C25H28N4O5S/c1-17-24(35(32,33)28-11-13-34-14-12-28)18(2)29(27-17)16-20-7-9-21(10-8-20)25(31)26-23-6-4-5-22(15-23)19(3)30/h4-10,15H,11-14,16H2,1-3H3,(H,26,31). The fourth-order valence-electron chi connectivity index (χ4n) is 4.08. The lowest BCUT2D eigenvalue weighted by atomic mass is 10.1. The highest BCUT2D eigenvalue weighted by Gasteiger charge is 2.32. The molecule has 0 aliphatic carbocycles. The molecule has 2 aromatic carbocycles. The minimum Gasteiger partial charge on any atom is -0.379 e. The minimum absolute atomic E-state index is 0.0736. The molecule has 0 atom stereocenters. The molecule has 1 aliphatic rings. The molecule has 1 N–H and O–H groups in total. The van der Waals surface area contributed by atoms with Crippen molar-refractivity contribution in [2.45, 2.75) is 32.2 Å². The van der Waals surface area contributed by atoms with Crippen molar-refractivity contribution in [1.29, 1.82) is 0 Å². The van der Waals surface area contributed by atoms with Gasteiger partial charge in [-0.05, 0) is 50.6 Å². The lowest BCUT2D eigenvalue weighted by molar-refractivity contribution is 0.0730. The highest BCUT2D eigenvalue weighted by atomic mass is 32.2. The Morgan fingerprint density at radius 3 is 2.37 bits per heavy atom. The van der Waals surface area contributed by atoms with Gasteiger partial charge in [0.2, 0.25) is 10.0 Å². The number of anilines is 1. The number of ether oxygens (including phenoxy) is 1. The van der Waals surface area contributed by atoms with Crippen molar-refractivity contribution in [3.8, 4) is 0 Å². The Bertz CT molecular complexity index is 1360. The zero-order valence-corrected chi connectivity index (χ0v) is 20.8. The van der Waals surface area contributed by atoms with E-state index >= 15 is 0 Å². The summed E-state index contributed by atoms with van der Waals surface area (Å²) in [4.78, 5) is 24.4. The third-order valence-electron chi connectivity index (χ3n) is 5.96. The zero-order chi connectivity index (χ0) is 25.2. The third kappa shape index (κ3) is 5.34. The largest absolute Gasteiger partial charge is 0.379 e. The highest BCUT2D eigenvalue weighted by molar-refractivity contribution is 7.89. The molecule has 0 unspecified atom stereocenters. The molecule has 1 saturated heterocycles. The van der Waals surface area contributed by atoms with E-state index in [2.05, 4.69) is 10.4 Å².